The van der Waals surface area contributed by atoms with E-state index in [1.54, 1.807) is 36.7 Å². The molecule has 42 heavy (non-hydrogen) atoms. The summed E-state index contributed by atoms with van der Waals surface area (Å²) >= 11 is 22.7. The number of ether oxygens (including phenoxy) is 1. The summed E-state index contributed by atoms with van der Waals surface area (Å²) < 4.78 is 5.21. The fourth-order valence-corrected chi connectivity index (χ4v) is 5.15. The number of aromatic nitrogens is 1. The van der Waals surface area contributed by atoms with Gasteiger partial charge >= 0.3 is 17.9 Å². The second kappa shape index (κ2) is 15.0. The fraction of sp³-hybridized carbons (Fsp3) is 0.214. The highest BCUT2D eigenvalue weighted by Crippen LogP contribution is 2.30. The molecule has 2 aromatic carbocycles. The van der Waals surface area contributed by atoms with Gasteiger partial charge in [-0.25, -0.2) is 9.59 Å². The number of thiocarbonyl (C=S) groups is 1. The zero-order chi connectivity index (χ0) is 31.0. The molecule has 0 spiro atoms. The molecule has 1 amide bonds. The van der Waals surface area contributed by atoms with E-state index in [9.17, 15) is 19.2 Å². The van der Waals surface area contributed by atoms with Crippen molar-refractivity contribution < 1.29 is 34.1 Å². The first kappa shape index (κ1) is 32.9. The molecule has 1 fully saturated rings. The van der Waals surface area contributed by atoms with E-state index >= 15 is 0 Å². The van der Waals surface area contributed by atoms with E-state index in [0.717, 1.165) is 5.56 Å². The van der Waals surface area contributed by atoms with Crippen molar-refractivity contribution in [2.24, 2.45) is 5.73 Å². The average Bonchev–Trinajstić information content (AvgIpc) is 3.32. The summed E-state index contributed by atoms with van der Waals surface area (Å²) in [7, 11) is 0. The Morgan fingerprint density at radius 1 is 1.05 bits per heavy atom. The molecule has 1 aliphatic heterocycles. The van der Waals surface area contributed by atoms with Gasteiger partial charge in [0.1, 0.15) is 17.8 Å². The molecule has 0 aliphatic carbocycles. The largest absolute Gasteiger partial charge is 0.480 e. The fourth-order valence-electron chi connectivity index (χ4n) is 3.88. The molecule has 3 aromatic rings. The zero-order valence-corrected chi connectivity index (χ0v) is 24.8. The van der Waals surface area contributed by atoms with Crippen LogP contribution in [0.25, 0.3) is 0 Å². The van der Waals surface area contributed by atoms with Crippen LogP contribution in [-0.4, -0.2) is 67.4 Å². The third-order valence-corrected chi connectivity index (χ3v) is 7.06. The summed E-state index contributed by atoms with van der Waals surface area (Å²) in [5.41, 5.74) is 6.95. The number of pyridine rings is 1. The summed E-state index contributed by atoms with van der Waals surface area (Å²) in [4.78, 5) is 51.9. The van der Waals surface area contributed by atoms with E-state index < -0.39 is 30.0 Å². The number of carboxylic acids is 2. The number of hydrogen-bond acceptors (Lipinski definition) is 8. The number of halogens is 3. The lowest BCUT2D eigenvalue weighted by Gasteiger charge is -2.20. The second-order valence-corrected chi connectivity index (χ2v) is 10.9. The van der Waals surface area contributed by atoms with Crippen LogP contribution in [0.2, 0.25) is 15.1 Å². The number of aliphatic carboxylic acids is 2. The summed E-state index contributed by atoms with van der Waals surface area (Å²) in [6.45, 7) is 0.255. The summed E-state index contributed by atoms with van der Waals surface area (Å²) in [6.07, 6.45) is 3.81. The van der Waals surface area contributed by atoms with Crippen molar-refractivity contribution in [1.82, 2.24) is 9.88 Å². The Kier molecular flexibility index (Phi) is 11.8. The first-order valence-electron chi connectivity index (χ1n) is 12.2. The minimum absolute atomic E-state index is 0.0136. The SMILES string of the molecule is N[C@@H](Cc1ccc(OC(=O)c2c(Cl)cc(Cl)cc2Cl)cc1)C(=O)O.O=C(O)[C@@H]1CC(=S)CN1C(=O)Cc1cccnc1. The van der Waals surface area contributed by atoms with E-state index in [1.165, 1.54) is 29.2 Å². The van der Waals surface area contributed by atoms with Crippen LogP contribution >= 0.6 is 47.0 Å². The highest BCUT2D eigenvalue weighted by Gasteiger charge is 2.36. The maximum atomic E-state index is 12.2. The minimum Gasteiger partial charge on any atom is -0.480 e. The van der Waals surface area contributed by atoms with Crippen molar-refractivity contribution >= 4 is 75.7 Å². The standard InChI is InChI=1S/C16H12Cl3NO4.C12H12N2O3S/c17-9-6-11(18)14(12(19)7-9)16(23)24-10-3-1-8(2-4-10)5-13(20)15(21)22;15-11(4-8-2-1-3-13-6-8)14-7-9(18)5-10(14)12(16)17/h1-4,6-7,13H,5,20H2,(H,21,22);1-3,6,10H,4-5,7H2,(H,16,17)/t13-;10-/m00/s1. The number of benzene rings is 2. The first-order valence-corrected chi connectivity index (χ1v) is 13.8. The van der Waals surface area contributed by atoms with Gasteiger partial charge in [0.2, 0.25) is 5.91 Å². The predicted molar refractivity (Wildman–Crippen MR) is 160 cm³/mol. The molecule has 0 unspecified atom stereocenters. The van der Waals surface area contributed by atoms with Crippen molar-refractivity contribution in [2.75, 3.05) is 6.54 Å². The molecule has 4 N–H and O–H groups in total. The molecule has 220 valence electrons. The molecule has 1 saturated heterocycles. The van der Waals surface area contributed by atoms with Gasteiger partial charge in [-0.2, -0.15) is 0 Å². The van der Waals surface area contributed by atoms with Crippen molar-refractivity contribution in [3.05, 3.63) is 92.7 Å². The molecule has 0 radical (unpaired) electrons. The van der Waals surface area contributed by atoms with Gasteiger partial charge in [-0.05, 0) is 47.9 Å². The van der Waals surface area contributed by atoms with Crippen LogP contribution in [0, 0.1) is 0 Å². The number of nitrogens with zero attached hydrogens (tertiary/aromatic N) is 2. The number of nitrogens with two attached hydrogens (primary N) is 1. The summed E-state index contributed by atoms with van der Waals surface area (Å²) in [5.74, 6) is -2.78. The molecule has 4 rings (SSSR count). The lowest BCUT2D eigenvalue weighted by atomic mass is 10.1. The van der Waals surface area contributed by atoms with Crippen LogP contribution in [0.4, 0.5) is 0 Å². The molecule has 0 bridgehead atoms. The van der Waals surface area contributed by atoms with Gasteiger partial charge in [0.05, 0.1) is 28.6 Å². The lowest BCUT2D eigenvalue weighted by Crippen LogP contribution is -2.41. The van der Waals surface area contributed by atoms with Crippen LogP contribution in [0.1, 0.15) is 27.9 Å². The Hall–Kier alpha value is -3.61. The maximum absolute atomic E-state index is 12.2. The number of carbonyl (C=O) groups is 4. The number of carbonyl (C=O) groups excluding carboxylic acids is 2. The van der Waals surface area contributed by atoms with Crippen LogP contribution in [0.3, 0.4) is 0 Å². The Labute approximate surface area is 260 Å². The molecule has 1 aromatic heterocycles. The monoisotopic (exact) mass is 651 g/mol. The highest BCUT2D eigenvalue weighted by molar-refractivity contribution is 7.80. The van der Waals surface area contributed by atoms with Gasteiger partial charge in [0, 0.05) is 28.7 Å². The molecule has 1 aliphatic rings. The van der Waals surface area contributed by atoms with Crippen LogP contribution in [0.15, 0.2) is 60.9 Å². The third-order valence-electron chi connectivity index (χ3n) is 5.95. The quantitative estimate of drug-likeness (QED) is 0.180. The summed E-state index contributed by atoms with van der Waals surface area (Å²) in [6, 6.07) is 10.8. The molecule has 14 heteroatoms. The maximum Gasteiger partial charge on any atom is 0.346 e. The van der Waals surface area contributed by atoms with Gasteiger partial charge in [0.25, 0.3) is 0 Å². The van der Waals surface area contributed by atoms with Gasteiger partial charge in [-0.1, -0.05) is 65.2 Å². The number of hydrogen-bond donors (Lipinski definition) is 3. The number of likely N-dealkylation sites (tertiary alicyclic amines) is 1. The Morgan fingerprint density at radius 2 is 1.69 bits per heavy atom. The molecular formula is C28H24Cl3N3O7S. The highest BCUT2D eigenvalue weighted by atomic mass is 35.5. The molecular weight excluding hydrogens is 629 g/mol. The number of esters is 1. The van der Waals surface area contributed by atoms with E-state index in [0.29, 0.717) is 15.5 Å². The van der Waals surface area contributed by atoms with Gasteiger partial charge in [-0.15, -0.1) is 0 Å². The second-order valence-electron chi connectivity index (χ2n) is 9.08. The Bertz CT molecular complexity index is 1470. The predicted octanol–water partition coefficient (Wildman–Crippen LogP) is 4.50. The van der Waals surface area contributed by atoms with Gasteiger partial charge in [-0.3, -0.25) is 14.6 Å². The van der Waals surface area contributed by atoms with Crippen molar-refractivity contribution in [2.45, 2.75) is 31.3 Å². The number of carboxylic acid groups (broad SMARTS) is 2. The lowest BCUT2D eigenvalue weighted by molar-refractivity contribution is -0.148. The average molecular weight is 653 g/mol. The van der Waals surface area contributed by atoms with Crippen LogP contribution in [0.5, 0.6) is 5.75 Å². The topological polar surface area (TPSA) is 160 Å². The van der Waals surface area contributed by atoms with Crippen LogP contribution < -0.4 is 10.5 Å². The van der Waals surface area contributed by atoms with Crippen molar-refractivity contribution in [3.63, 3.8) is 0 Å². The summed E-state index contributed by atoms with van der Waals surface area (Å²) in [5, 5.41) is 18.3. The van der Waals surface area contributed by atoms with E-state index in [4.69, 9.17) is 67.7 Å². The van der Waals surface area contributed by atoms with Gasteiger partial charge < -0.3 is 25.6 Å². The Balaban J connectivity index is 0.000000240. The molecule has 2 atom stereocenters. The molecule has 2 heterocycles. The van der Waals surface area contributed by atoms with E-state index in [1.807, 2.05) is 0 Å². The van der Waals surface area contributed by atoms with Crippen molar-refractivity contribution in [1.29, 1.82) is 0 Å². The smallest absolute Gasteiger partial charge is 0.346 e. The first-order chi connectivity index (χ1) is 19.8. The molecule has 10 nitrogen and oxygen atoms in total. The van der Waals surface area contributed by atoms with E-state index in [2.05, 4.69) is 4.98 Å². The normalized spacial score (nSPS) is 14.9. The molecule has 0 saturated carbocycles. The van der Waals surface area contributed by atoms with Gasteiger partial charge in [0.15, 0.2) is 0 Å². The third kappa shape index (κ3) is 9.20. The zero-order valence-electron chi connectivity index (χ0n) is 21.7. The minimum atomic E-state index is -1.09. The number of amides is 1. The van der Waals surface area contributed by atoms with Crippen LogP contribution in [-0.2, 0) is 27.2 Å². The van der Waals surface area contributed by atoms with E-state index in [-0.39, 0.29) is 53.1 Å². The number of rotatable bonds is 8. The Morgan fingerprint density at radius 3 is 2.24 bits per heavy atom. The van der Waals surface area contributed by atoms with Crippen molar-refractivity contribution in [3.8, 4) is 5.75 Å².